The Labute approximate surface area is 133 Å². The van der Waals surface area contributed by atoms with Gasteiger partial charge in [0.1, 0.15) is 5.82 Å². The third-order valence-corrected chi connectivity index (χ3v) is 4.09. The fraction of sp³-hybridized carbons (Fsp3) is 0.167. The number of halogens is 1. The van der Waals surface area contributed by atoms with Crippen LogP contribution >= 0.6 is 0 Å². The molecule has 1 aromatic rings. The Morgan fingerprint density at radius 3 is 2.74 bits per heavy atom. The number of nitrogens with zero attached hydrogens (tertiary/aromatic N) is 1. The number of benzene rings is 1. The van der Waals surface area contributed by atoms with Gasteiger partial charge in [-0.1, -0.05) is 23.8 Å². The number of rotatable bonds is 1. The molecular weight excluding hydrogens is 295 g/mol. The van der Waals surface area contributed by atoms with Crippen molar-refractivity contribution in [1.29, 1.82) is 0 Å². The van der Waals surface area contributed by atoms with E-state index in [1.165, 1.54) is 18.2 Å². The summed E-state index contributed by atoms with van der Waals surface area (Å²) in [5.74, 6) is -1.42. The van der Waals surface area contributed by atoms with E-state index < -0.39 is 11.7 Å². The Balaban J connectivity index is 1.92. The summed E-state index contributed by atoms with van der Waals surface area (Å²) in [5, 5.41) is 2.80. The predicted molar refractivity (Wildman–Crippen MR) is 85.4 cm³/mol. The van der Waals surface area contributed by atoms with E-state index in [1.807, 2.05) is 13.0 Å². The summed E-state index contributed by atoms with van der Waals surface area (Å²) in [7, 11) is 0. The molecular formula is C18H15FN2O2. The number of aliphatic imine (C=N–C) groups is 1. The van der Waals surface area contributed by atoms with Crippen LogP contribution in [0.15, 0.2) is 64.3 Å². The van der Waals surface area contributed by atoms with Gasteiger partial charge in [0.2, 0.25) is 0 Å². The maximum absolute atomic E-state index is 13.6. The summed E-state index contributed by atoms with van der Waals surface area (Å²) >= 11 is 0. The van der Waals surface area contributed by atoms with Gasteiger partial charge in [-0.15, -0.1) is 0 Å². The lowest BCUT2D eigenvalue weighted by atomic mass is 9.85. The highest BCUT2D eigenvalue weighted by atomic mass is 19.1. The normalized spacial score (nSPS) is 21.9. The first-order valence-electron chi connectivity index (χ1n) is 7.23. The molecule has 0 saturated heterocycles. The number of fused-ring (bicyclic) bond motifs is 1. The molecule has 0 spiro atoms. The van der Waals surface area contributed by atoms with Crippen LogP contribution in [0.1, 0.15) is 24.2 Å². The Morgan fingerprint density at radius 2 is 2.00 bits per heavy atom. The second-order valence-corrected chi connectivity index (χ2v) is 5.52. The first kappa shape index (κ1) is 15.1. The van der Waals surface area contributed by atoms with Crippen molar-refractivity contribution in [3.8, 4) is 0 Å². The van der Waals surface area contributed by atoms with E-state index >= 15 is 0 Å². The third-order valence-electron chi connectivity index (χ3n) is 4.09. The minimum atomic E-state index is -0.649. The lowest BCUT2D eigenvalue weighted by Crippen LogP contribution is -2.35. The summed E-state index contributed by atoms with van der Waals surface area (Å²) < 4.78 is 13.6. The van der Waals surface area contributed by atoms with Crippen LogP contribution in [-0.2, 0) is 4.79 Å². The summed E-state index contributed by atoms with van der Waals surface area (Å²) in [5.41, 5.74) is 2.65. The molecule has 0 aromatic heterocycles. The molecule has 116 valence electrons. The highest BCUT2D eigenvalue weighted by Gasteiger charge is 2.27. The first-order valence-corrected chi connectivity index (χ1v) is 7.23. The highest BCUT2D eigenvalue weighted by Crippen LogP contribution is 2.29. The average molecular weight is 310 g/mol. The van der Waals surface area contributed by atoms with Gasteiger partial charge in [-0.25, -0.2) is 9.38 Å². The van der Waals surface area contributed by atoms with Crippen molar-refractivity contribution in [2.45, 2.75) is 13.8 Å². The van der Waals surface area contributed by atoms with Crippen molar-refractivity contribution in [1.82, 2.24) is 5.32 Å². The maximum atomic E-state index is 13.6. The topological polar surface area (TPSA) is 58.5 Å². The fourth-order valence-electron chi connectivity index (χ4n) is 2.61. The molecule has 1 heterocycles. The summed E-state index contributed by atoms with van der Waals surface area (Å²) in [6.07, 6.45) is 5.24. The van der Waals surface area contributed by atoms with Crippen LogP contribution in [0.2, 0.25) is 0 Å². The maximum Gasteiger partial charge on any atom is 0.280 e. The number of carbonyl (C=O) groups excluding carboxylic acids is 2. The number of carbonyl (C=O) groups is 2. The largest absolute Gasteiger partial charge is 0.325 e. The van der Waals surface area contributed by atoms with Crippen molar-refractivity contribution in [3.63, 3.8) is 0 Å². The molecule has 1 unspecified atom stereocenters. The molecule has 1 aromatic carbocycles. The van der Waals surface area contributed by atoms with Crippen LogP contribution < -0.4 is 5.32 Å². The van der Waals surface area contributed by atoms with Crippen LogP contribution in [0.4, 0.5) is 4.39 Å². The fourth-order valence-corrected chi connectivity index (χ4v) is 2.61. The summed E-state index contributed by atoms with van der Waals surface area (Å²) in [6, 6.07) is 5.71. The molecule has 0 fully saturated rings. The van der Waals surface area contributed by atoms with Gasteiger partial charge in [-0.3, -0.25) is 9.59 Å². The minimum absolute atomic E-state index is 0.0183. The van der Waals surface area contributed by atoms with Crippen LogP contribution in [0.25, 0.3) is 0 Å². The molecule has 23 heavy (non-hydrogen) atoms. The van der Waals surface area contributed by atoms with Crippen molar-refractivity contribution in [2.24, 2.45) is 10.9 Å². The first-order chi connectivity index (χ1) is 11.0. The molecule has 2 amide bonds. The van der Waals surface area contributed by atoms with E-state index in [1.54, 1.807) is 25.1 Å². The minimum Gasteiger partial charge on any atom is -0.325 e. The van der Waals surface area contributed by atoms with E-state index in [4.69, 9.17) is 0 Å². The van der Waals surface area contributed by atoms with Crippen molar-refractivity contribution >= 4 is 17.5 Å². The van der Waals surface area contributed by atoms with E-state index in [0.717, 1.165) is 5.57 Å². The van der Waals surface area contributed by atoms with Crippen molar-refractivity contribution < 1.29 is 14.0 Å². The summed E-state index contributed by atoms with van der Waals surface area (Å²) in [4.78, 5) is 27.9. The van der Waals surface area contributed by atoms with Gasteiger partial charge < -0.3 is 5.32 Å². The Kier molecular flexibility index (Phi) is 3.78. The van der Waals surface area contributed by atoms with Gasteiger partial charge in [-0.2, -0.15) is 0 Å². The molecule has 1 aliphatic carbocycles. The van der Waals surface area contributed by atoms with E-state index in [-0.39, 0.29) is 17.4 Å². The van der Waals surface area contributed by atoms with E-state index in [0.29, 0.717) is 17.0 Å². The van der Waals surface area contributed by atoms with E-state index in [2.05, 4.69) is 10.3 Å². The van der Waals surface area contributed by atoms with E-state index in [9.17, 15) is 14.0 Å². The molecule has 1 aliphatic heterocycles. The average Bonchev–Trinajstić information content (AvgIpc) is 2.53. The molecule has 1 N–H and O–H groups in total. The van der Waals surface area contributed by atoms with Gasteiger partial charge in [-0.05, 0) is 38.1 Å². The number of allylic oxidation sites excluding steroid dienone is 3. The Bertz CT molecular complexity index is 831. The van der Waals surface area contributed by atoms with Gasteiger partial charge in [0.15, 0.2) is 0 Å². The lowest BCUT2D eigenvalue weighted by molar-refractivity contribution is -0.117. The Morgan fingerprint density at radius 1 is 1.26 bits per heavy atom. The molecule has 4 nitrogen and oxygen atoms in total. The second kappa shape index (κ2) is 5.76. The molecule has 0 bridgehead atoms. The zero-order valence-corrected chi connectivity index (χ0v) is 12.8. The quantitative estimate of drug-likeness (QED) is 0.867. The van der Waals surface area contributed by atoms with Gasteiger partial charge in [0.25, 0.3) is 11.8 Å². The van der Waals surface area contributed by atoms with Crippen LogP contribution in [0.3, 0.4) is 0 Å². The molecule has 3 rings (SSSR count). The standard InChI is InChI=1S/C18H15FN2O2/c1-10-11(2)17(22)21-16-9-12(7-8-13(10)16)20-18(23)14-5-3-4-6-15(14)19/h3-9,13H,1-2H3,(H,21,22). The van der Waals surface area contributed by atoms with Gasteiger partial charge >= 0.3 is 0 Å². The predicted octanol–water partition coefficient (Wildman–Crippen LogP) is 2.94. The van der Waals surface area contributed by atoms with Crippen LogP contribution in [0.5, 0.6) is 0 Å². The Hall–Kier alpha value is -2.82. The molecule has 1 atom stereocenters. The number of hydrogen-bond donors (Lipinski definition) is 1. The van der Waals surface area contributed by atoms with Gasteiger partial charge in [0, 0.05) is 17.2 Å². The molecule has 0 saturated carbocycles. The second-order valence-electron chi connectivity index (χ2n) is 5.52. The number of hydrogen-bond acceptors (Lipinski definition) is 2. The van der Waals surface area contributed by atoms with Crippen LogP contribution in [0, 0.1) is 11.7 Å². The van der Waals surface area contributed by atoms with Crippen LogP contribution in [-0.4, -0.2) is 17.5 Å². The molecule has 2 aliphatic rings. The SMILES string of the molecule is CC1=C(C)C2C=CC(=NC(=O)c3ccccc3F)C=C2NC1=O. The monoisotopic (exact) mass is 310 g/mol. The smallest absolute Gasteiger partial charge is 0.280 e. The number of amides is 2. The van der Waals surface area contributed by atoms with Crippen molar-refractivity contribution in [3.05, 3.63) is 70.7 Å². The molecule has 5 heteroatoms. The zero-order chi connectivity index (χ0) is 16.6. The lowest BCUT2D eigenvalue weighted by Gasteiger charge is -2.28. The number of nitrogens with one attached hydrogen (secondary N) is 1. The van der Waals surface area contributed by atoms with Crippen molar-refractivity contribution in [2.75, 3.05) is 0 Å². The third kappa shape index (κ3) is 2.77. The summed E-state index contributed by atoms with van der Waals surface area (Å²) in [6.45, 7) is 3.68. The van der Waals surface area contributed by atoms with Gasteiger partial charge in [0.05, 0.1) is 11.3 Å². The highest BCUT2D eigenvalue weighted by molar-refractivity contribution is 6.14. The molecule has 0 radical (unpaired) electrons. The zero-order valence-electron chi connectivity index (χ0n) is 12.8.